The highest BCUT2D eigenvalue weighted by Gasteiger charge is 2.18. The maximum atomic E-state index is 6.16. The molecule has 1 aromatic carbocycles. The van der Waals surface area contributed by atoms with Crippen LogP contribution in [0, 0.1) is 0 Å². The maximum absolute atomic E-state index is 6.16. The first-order valence-electron chi connectivity index (χ1n) is 6.35. The monoisotopic (exact) mass is 432 g/mol. The predicted molar refractivity (Wildman–Crippen MR) is 94.0 cm³/mol. The lowest BCUT2D eigenvalue weighted by Crippen LogP contribution is -2.05. The summed E-state index contributed by atoms with van der Waals surface area (Å²) in [6, 6.07) is 6.00. The Hall–Kier alpha value is -0.850. The quantitative estimate of drug-likeness (QED) is 0.623. The Kier molecular flexibility index (Phi) is 4.38. The Balaban J connectivity index is 1.87. The number of nitrogens with zero attached hydrogens (tertiary/aromatic N) is 2. The Morgan fingerprint density at radius 3 is 2.67 bits per heavy atom. The molecule has 0 radical (unpaired) electrons. The molecule has 1 unspecified atom stereocenters. The van der Waals surface area contributed by atoms with Crippen molar-refractivity contribution in [2.24, 2.45) is 4.99 Å². The summed E-state index contributed by atoms with van der Waals surface area (Å²) in [5.74, 6) is 0.775. The van der Waals surface area contributed by atoms with Crippen LogP contribution in [0.2, 0.25) is 10.0 Å². The smallest absolute Gasteiger partial charge is 0.124 e. The van der Waals surface area contributed by atoms with E-state index in [1.807, 2.05) is 25.1 Å². The Morgan fingerprint density at radius 1 is 1.24 bits per heavy atom. The molecule has 1 aromatic heterocycles. The van der Waals surface area contributed by atoms with Gasteiger partial charge >= 0.3 is 0 Å². The molecule has 2 heterocycles. The van der Waals surface area contributed by atoms with E-state index in [9.17, 15) is 0 Å². The van der Waals surface area contributed by atoms with Crippen molar-refractivity contribution in [3.63, 3.8) is 0 Å². The summed E-state index contributed by atoms with van der Waals surface area (Å²) in [7, 11) is 0. The molecule has 0 aliphatic carbocycles. The first-order chi connectivity index (χ1) is 10.1. The summed E-state index contributed by atoms with van der Waals surface area (Å²) in [6.45, 7) is 2.66. The summed E-state index contributed by atoms with van der Waals surface area (Å²) in [5, 5.41) is 1.01. The summed E-state index contributed by atoms with van der Waals surface area (Å²) in [6.07, 6.45) is 2.88. The van der Waals surface area contributed by atoms with Crippen molar-refractivity contribution in [3.8, 4) is 5.75 Å². The van der Waals surface area contributed by atoms with E-state index in [1.165, 1.54) is 5.56 Å². The minimum absolute atomic E-state index is 0.262. The number of aromatic nitrogens is 1. The van der Waals surface area contributed by atoms with Gasteiger partial charge in [-0.15, -0.1) is 0 Å². The van der Waals surface area contributed by atoms with Crippen LogP contribution in [0.3, 0.4) is 0 Å². The summed E-state index contributed by atoms with van der Waals surface area (Å²) < 4.78 is 7.00. The third-order valence-electron chi connectivity index (χ3n) is 3.30. The van der Waals surface area contributed by atoms with Crippen LogP contribution in [-0.4, -0.2) is 8.70 Å². The van der Waals surface area contributed by atoms with E-state index in [0.29, 0.717) is 10.0 Å². The maximum Gasteiger partial charge on any atom is 0.124 e. The Morgan fingerprint density at radius 2 is 1.95 bits per heavy atom. The van der Waals surface area contributed by atoms with Gasteiger partial charge in [-0.3, -0.25) is 9.98 Å². The van der Waals surface area contributed by atoms with Crippen molar-refractivity contribution in [1.29, 1.82) is 0 Å². The van der Waals surface area contributed by atoms with Crippen LogP contribution >= 0.6 is 45.8 Å². The zero-order valence-corrected chi connectivity index (χ0v) is 14.8. The van der Waals surface area contributed by atoms with Gasteiger partial charge in [-0.1, -0.05) is 29.3 Å². The van der Waals surface area contributed by atoms with E-state index >= 15 is 0 Å². The molecule has 0 bridgehead atoms. The van der Waals surface area contributed by atoms with Gasteiger partial charge in [0, 0.05) is 23.5 Å². The first-order valence-corrected chi connectivity index (χ1v) is 8.18. The second-order valence-corrected chi connectivity index (χ2v) is 6.54. The molecule has 1 aliphatic rings. The molecule has 0 saturated heterocycles. The lowest BCUT2D eigenvalue weighted by molar-refractivity contribution is 0.227. The van der Waals surface area contributed by atoms with E-state index in [0.717, 1.165) is 27.1 Å². The highest BCUT2D eigenvalue weighted by Crippen LogP contribution is 2.33. The van der Waals surface area contributed by atoms with Crippen molar-refractivity contribution in [2.75, 3.05) is 0 Å². The number of halogens is 3. The average Bonchev–Trinajstić information content (AvgIpc) is 2.80. The zero-order chi connectivity index (χ0) is 15.0. The van der Waals surface area contributed by atoms with Crippen LogP contribution < -0.4 is 4.74 Å². The van der Waals surface area contributed by atoms with Crippen LogP contribution in [0.5, 0.6) is 5.75 Å². The van der Waals surface area contributed by atoms with Crippen LogP contribution in [0.25, 0.3) is 0 Å². The molecule has 6 heteroatoms. The molecule has 1 aliphatic heterocycles. The fourth-order valence-corrected chi connectivity index (χ4v) is 3.62. The van der Waals surface area contributed by atoms with Gasteiger partial charge < -0.3 is 4.74 Å². The molecule has 3 rings (SSSR count). The predicted octanol–water partition coefficient (Wildman–Crippen LogP) is 5.22. The molecular formula is C15H11Cl2IN2O. The van der Waals surface area contributed by atoms with Crippen LogP contribution in [0.4, 0.5) is 0 Å². The molecule has 0 saturated carbocycles. The molecule has 0 N–H and O–H groups in total. The van der Waals surface area contributed by atoms with Crippen LogP contribution in [0.1, 0.15) is 29.7 Å². The highest BCUT2D eigenvalue weighted by molar-refractivity contribution is 14.1. The average molecular weight is 433 g/mol. The van der Waals surface area contributed by atoms with Crippen molar-refractivity contribution < 1.29 is 4.74 Å². The van der Waals surface area contributed by atoms with Crippen LogP contribution in [-0.2, 0) is 6.54 Å². The molecule has 0 amide bonds. The lowest BCUT2D eigenvalue weighted by atomic mass is 10.1. The molecule has 0 fully saturated rings. The minimum atomic E-state index is -0.262. The van der Waals surface area contributed by atoms with Gasteiger partial charge in [0.2, 0.25) is 0 Å². The van der Waals surface area contributed by atoms with E-state index in [1.54, 1.807) is 12.4 Å². The lowest BCUT2D eigenvalue weighted by Gasteiger charge is -2.18. The van der Waals surface area contributed by atoms with Gasteiger partial charge in [-0.05, 0) is 47.2 Å². The Labute approximate surface area is 146 Å². The van der Waals surface area contributed by atoms with Crippen molar-refractivity contribution >= 4 is 49.5 Å². The number of hydrogen-bond acceptors (Lipinski definition) is 3. The number of fused-ring (bicyclic) bond motifs is 1. The molecule has 1 atom stereocenters. The highest BCUT2D eigenvalue weighted by atomic mass is 127. The van der Waals surface area contributed by atoms with Gasteiger partial charge in [0.15, 0.2) is 0 Å². The standard InChI is InChI=1S/C15H11Cl2IN2O/c1-8(14-12(16)6-19-7-13(14)17)21-10-3-2-9-5-20-15(18)11(9)4-10/h2-4,6-8H,5H2,1H3. The molecule has 2 aromatic rings. The molecule has 21 heavy (non-hydrogen) atoms. The normalized spacial score (nSPS) is 14.6. The van der Waals surface area contributed by atoms with Gasteiger partial charge in [0.1, 0.15) is 15.6 Å². The number of benzene rings is 1. The van der Waals surface area contributed by atoms with Gasteiger partial charge in [0.25, 0.3) is 0 Å². The van der Waals surface area contributed by atoms with E-state index in [4.69, 9.17) is 27.9 Å². The number of pyridine rings is 1. The first kappa shape index (κ1) is 15.1. The fraction of sp³-hybridized carbons (Fsp3) is 0.200. The summed E-state index contributed by atoms with van der Waals surface area (Å²) in [4.78, 5) is 8.36. The molecule has 108 valence electrons. The zero-order valence-electron chi connectivity index (χ0n) is 11.1. The van der Waals surface area contributed by atoms with Crippen LogP contribution in [0.15, 0.2) is 35.6 Å². The van der Waals surface area contributed by atoms with Crippen molar-refractivity contribution in [1.82, 2.24) is 4.98 Å². The number of ether oxygens (including phenoxy) is 1. The Bertz CT molecular complexity index is 713. The number of rotatable bonds is 3. The third kappa shape index (κ3) is 3.03. The second-order valence-electron chi connectivity index (χ2n) is 4.70. The van der Waals surface area contributed by atoms with Crippen molar-refractivity contribution in [3.05, 3.63) is 57.3 Å². The number of aliphatic imine (C=N–C) groups is 1. The third-order valence-corrected chi connectivity index (χ3v) is 4.83. The SMILES string of the molecule is CC(Oc1ccc2c(c1)C(I)=NC2)c1c(Cl)cncc1Cl. The minimum Gasteiger partial charge on any atom is -0.486 e. The molecular weight excluding hydrogens is 422 g/mol. The number of hydrogen-bond donors (Lipinski definition) is 0. The fourth-order valence-electron chi connectivity index (χ4n) is 2.27. The molecule has 0 spiro atoms. The summed E-state index contributed by atoms with van der Waals surface area (Å²) >= 11 is 14.6. The topological polar surface area (TPSA) is 34.5 Å². The van der Waals surface area contributed by atoms with Gasteiger partial charge in [0.05, 0.1) is 16.6 Å². The van der Waals surface area contributed by atoms with Gasteiger partial charge in [-0.2, -0.15) is 0 Å². The van der Waals surface area contributed by atoms with E-state index in [-0.39, 0.29) is 6.10 Å². The van der Waals surface area contributed by atoms with E-state index < -0.39 is 0 Å². The molecule has 3 nitrogen and oxygen atoms in total. The second kappa shape index (κ2) is 6.10. The van der Waals surface area contributed by atoms with Crippen molar-refractivity contribution in [2.45, 2.75) is 19.6 Å². The largest absolute Gasteiger partial charge is 0.486 e. The summed E-state index contributed by atoms with van der Waals surface area (Å²) in [5.41, 5.74) is 3.10. The van der Waals surface area contributed by atoms with E-state index in [2.05, 4.69) is 32.6 Å². The van der Waals surface area contributed by atoms with Gasteiger partial charge in [-0.25, -0.2) is 0 Å².